The first-order valence-electron chi connectivity index (χ1n) is 13.2. The van der Waals surface area contributed by atoms with Crippen molar-refractivity contribution in [1.82, 2.24) is 10.6 Å². The Labute approximate surface area is 228 Å². The Hall–Kier alpha value is -3.49. The molecule has 0 aliphatic carbocycles. The first kappa shape index (κ1) is 27.5. The van der Waals surface area contributed by atoms with Crippen molar-refractivity contribution in [3.63, 3.8) is 0 Å². The van der Waals surface area contributed by atoms with E-state index in [0.717, 1.165) is 24.8 Å². The Morgan fingerprint density at radius 2 is 1.76 bits per heavy atom. The van der Waals surface area contributed by atoms with Crippen LogP contribution in [-0.2, 0) is 14.3 Å². The summed E-state index contributed by atoms with van der Waals surface area (Å²) in [6.45, 7) is 5.12. The fourth-order valence-corrected chi connectivity index (χ4v) is 5.18. The highest BCUT2D eigenvalue weighted by molar-refractivity contribution is 7.12. The minimum atomic E-state index is -0.918. The van der Waals surface area contributed by atoms with E-state index in [4.69, 9.17) is 4.74 Å². The van der Waals surface area contributed by atoms with Gasteiger partial charge in [-0.15, -0.1) is 11.3 Å². The lowest BCUT2D eigenvalue weighted by Crippen LogP contribution is -2.48. The van der Waals surface area contributed by atoms with Crippen LogP contribution in [0.1, 0.15) is 65.9 Å². The second-order valence-electron chi connectivity index (χ2n) is 9.52. The minimum absolute atomic E-state index is 0.0283. The van der Waals surface area contributed by atoms with Crippen molar-refractivity contribution in [2.75, 3.05) is 24.6 Å². The molecule has 0 unspecified atom stereocenters. The van der Waals surface area contributed by atoms with Crippen LogP contribution in [0.3, 0.4) is 0 Å². The normalized spacial score (nSPS) is 16.4. The van der Waals surface area contributed by atoms with Crippen LogP contribution >= 0.6 is 11.3 Å². The smallest absolute Gasteiger partial charge is 0.261 e. The van der Waals surface area contributed by atoms with Crippen molar-refractivity contribution in [3.05, 3.63) is 88.1 Å². The Morgan fingerprint density at radius 1 is 1.00 bits per heavy atom. The molecule has 0 radical (unpaired) electrons. The van der Waals surface area contributed by atoms with Crippen molar-refractivity contribution in [1.29, 1.82) is 0 Å². The molecule has 200 valence electrons. The number of thiophene rings is 1. The maximum atomic E-state index is 13.8. The van der Waals surface area contributed by atoms with E-state index in [1.807, 2.05) is 60.0 Å². The van der Waals surface area contributed by atoms with Crippen molar-refractivity contribution < 1.29 is 19.1 Å². The quantitative estimate of drug-likeness (QED) is 0.361. The summed E-state index contributed by atoms with van der Waals surface area (Å²) in [5.74, 6) is -0.625. The molecule has 8 heteroatoms. The van der Waals surface area contributed by atoms with Gasteiger partial charge in [-0.2, -0.15) is 0 Å². The van der Waals surface area contributed by atoms with E-state index in [1.54, 1.807) is 12.1 Å². The van der Waals surface area contributed by atoms with Gasteiger partial charge in [-0.25, -0.2) is 0 Å². The number of nitrogens with one attached hydrogen (secondary N) is 2. The van der Waals surface area contributed by atoms with E-state index < -0.39 is 6.04 Å². The predicted octanol–water partition coefficient (Wildman–Crippen LogP) is 5.06. The van der Waals surface area contributed by atoms with Gasteiger partial charge in [-0.3, -0.25) is 19.3 Å². The highest BCUT2D eigenvalue weighted by Gasteiger charge is 2.33. The second kappa shape index (κ2) is 13.3. The Kier molecular flexibility index (Phi) is 9.67. The molecule has 3 aromatic rings. The van der Waals surface area contributed by atoms with Gasteiger partial charge >= 0.3 is 0 Å². The topological polar surface area (TPSA) is 87.7 Å². The second-order valence-corrected chi connectivity index (χ2v) is 10.5. The van der Waals surface area contributed by atoms with Crippen molar-refractivity contribution in [2.24, 2.45) is 0 Å². The van der Waals surface area contributed by atoms with Gasteiger partial charge in [0, 0.05) is 18.8 Å². The number of hydrogen-bond donors (Lipinski definition) is 2. The average molecular weight is 534 g/mol. The fourth-order valence-electron chi connectivity index (χ4n) is 4.54. The molecule has 2 heterocycles. The fraction of sp³-hybridized carbons (Fsp3) is 0.367. The van der Waals surface area contributed by atoms with Gasteiger partial charge in [0.2, 0.25) is 11.8 Å². The number of carbonyl (C=O) groups excluding carboxylic acids is 3. The monoisotopic (exact) mass is 533 g/mol. The van der Waals surface area contributed by atoms with Gasteiger partial charge in [0.25, 0.3) is 5.91 Å². The van der Waals surface area contributed by atoms with Crippen LogP contribution in [-0.4, -0.2) is 43.5 Å². The molecule has 2 aromatic carbocycles. The molecule has 0 bridgehead atoms. The van der Waals surface area contributed by atoms with Gasteiger partial charge in [-0.1, -0.05) is 62.4 Å². The summed E-state index contributed by atoms with van der Waals surface area (Å²) in [5.41, 5.74) is 2.43. The third kappa shape index (κ3) is 6.88. The summed E-state index contributed by atoms with van der Waals surface area (Å²) >= 11 is 1.31. The van der Waals surface area contributed by atoms with E-state index in [0.29, 0.717) is 35.2 Å². The standard InChI is InChI=1S/C30H35N3O4S/c1-3-21(2)22-13-15-24(16-14-22)33(27(34)20-32-29(35)26-12-8-18-38-26)28(23-9-5-4-6-10-23)30(36)31-19-25-11-7-17-37-25/h4-6,8-10,12-16,18,21,25,28H,3,7,11,17,19-20H2,1-2H3,(H,31,36)(H,32,35)/t21-,25+,28+/m0/s1. The summed E-state index contributed by atoms with van der Waals surface area (Å²) in [7, 11) is 0. The molecule has 4 rings (SSSR count). The summed E-state index contributed by atoms with van der Waals surface area (Å²) in [6.07, 6.45) is 2.83. The molecule has 1 aliphatic rings. The number of benzene rings is 2. The average Bonchev–Trinajstić information content (AvgIpc) is 3.68. The molecule has 7 nitrogen and oxygen atoms in total. The Bertz CT molecular complexity index is 1190. The van der Waals surface area contributed by atoms with Crippen LogP contribution in [0.5, 0.6) is 0 Å². The summed E-state index contributed by atoms with van der Waals surface area (Å²) in [5, 5.41) is 7.55. The maximum absolute atomic E-state index is 13.8. The van der Waals surface area contributed by atoms with Gasteiger partial charge in [0.1, 0.15) is 6.04 Å². The third-order valence-corrected chi connectivity index (χ3v) is 7.78. The van der Waals surface area contributed by atoms with Crippen LogP contribution in [0.2, 0.25) is 0 Å². The largest absolute Gasteiger partial charge is 0.376 e. The van der Waals surface area contributed by atoms with Crippen molar-refractivity contribution in [3.8, 4) is 0 Å². The lowest BCUT2D eigenvalue weighted by atomic mass is 9.97. The molecule has 1 fully saturated rings. The van der Waals surface area contributed by atoms with E-state index >= 15 is 0 Å². The van der Waals surface area contributed by atoms with Gasteiger partial charge in [0.05, 0.1) is 17.5 Å². The molecule has 3 amide bonds. The highest BCUT2D eigenvalue weighted by atomic mass is 32.1. The number of hydrogen-bond acceptors (Lipinski definition) is 5. The number of anilines is 1. The number of rotatable bonds is 11. The minimum Gasteiger partial charge on any atom is -0.376 e. The van der Waals surface area contributed by atoms with Crippen molar-refractivity contribution >= 4 is 34.7 Å². The highest BCUT2D eigenvalue weighted by Crippen LogP contribution is 2.30. The van der Waals surface area contributed by atoms with E-state index in [2.05, 4.69) is 24.5 Å². The first-order chi connectivity index (χ1) is 18.5. The zero-order chi connectivity index (χ0) is 26.9. The molecule has 1 saturated heterocycles. The van der Waals surface area contributed by atoms with Crippen LogP contribution in [0.25, 0.3) is 0 Å². The number of ether oxygens (including phenoxy) is 1. The number of carbonyl (C=O) groups is 3. The Balaban J connectivity index is 1.65. The predicted molar refractivity (Wildman–Crippen MR) is 150 cm³/mol. The third-order valence-electron chi connectivity index (χ3n) is 6.92. The lowest BCUT2D eigenvalue weighted by molar-refractivity contribution is -0.126. The summed E-state index contributed by atoms with van der Waals surface area (Å²) in [6, 6.07) is 19.6. The van der Waals surface area contributed by atoms with Crippen LogP contribution in [0.4, 0.5) is 5.69 Å². The first-order valence-corrected chi connectivity index (χ1v) is 14.0. The molecule has 1 aliphatic heterocycles. The molecule has 0 spiro atoms. The summed E-state index contributed by atoms with van der Waals surface area (Å²) < 4.78 is 5.69. The van der Waals surface area contributed by atoms with Gasteiger partial charge in [0.15, 0.2) is 0 Å². The van der Waals surface area contributed by atoms with Crippen LogP contribution < -0.4 is 15.5 Å². The molecular weight excluding hydrogens is 498 g/mol. The molecular formula is C30H35N3O4S. The van der Waals surface area contributed by atoms with Crippen molar-refractivity contribution in [2.45, 2.75) is 51.2 Å². The number of amides is 3. The Morgan fingerprint density at radius 3 is 2.39 bits per heavy atom. The lowest BCUT2D eigenvalue weighted by Gasteiger charge is -2.32. The SMILES string of the molecule is CC[C@H](C)c1ccc(N(C(=O)CNC(=O)c2cccs2)[C@@H](C(=O)NC[C@H]2CCCO2)c2ccccc2)cc1. The van der Waals surface area contributed by atoms with Crippen LogP contribution in [0, 0.1) is 0 Å². The van der Waals surface area contributed by atoms with E-state index in [1.165, 1.54) is 16.2 Å². The zero-order valence-corrected chi connectivity index (χ0v) is 22.7. The molecule has 1 aromatic heterocycles. The summed E-state index contributed by atoms with van der Waals surface area (Å²) in [4.78, 5) is 42.1. The van der Waals surface area contributed by atoms with Gasteiger partial charge < -0.3 is 15.4 Å². The molecule has 3 atom stereocenters. The zero-order valence-electron chi connectivity index (χ0n) is 21.9. The molecule has 38 heavy (non-hydrogen) atoms. The van der Waals surface area contributed by atoms with E-state index in [-0.39, 0.29) is 30.4 Å². The maximum Gasteiger partial charge on any atom is 0.261 e. The van der Waals surface area contributed by atoms with E-state index in [9.17, 15) is 14.4 Å². The van der Waals surface area contributed by atoms with Crippen LogP contribution in [0.15, 0.2) is 72.1 Å². The van der Waals surface area contributed by atoms with Gasteiger partial charge in [-0.05, 0) is 59.9 Å². The molecule has 2 N–H and O–H groups in total. The molecule has 0 saturated carbocycles. The number of nitrogens with zero attached hydrogens (tertiary/aromatic N) is 1.